The molecule has 0 saturated heterocycles. The van der Waals surface area contributed by atoms with E-state index in [2.05, 4.69) is 15.5 Å². The van der Waals surface area contributed by atoms with Crippen molar-refractivity contribution in [3.8, 4) is 0 Å². The van der Waals surface area contributed by atoms with Crippen molar-refractivity contribution in [3.05, 3.63) is 88.2 Å². The summed E-state index contributed by atoms with van der Waals surface area (Å²) in [6, 6.07) is 13.3. The van der Waals surface area contributed by atoms with Gasteiger partial charge in [-0.3, -0.25) is 19.3 Å². The monoisotopic (exact) mass is 549 g/mol. The number of anilines is 1. The molecule has 0 radical (unpaired) electrons. The molecular formula is C30H33F2N5O3. The second-order valence-corrected chi connectivity index (χ2v) is 10.7. The van der Waals surface area contributed by atoms with E-state index < -0.39 is 23.1 Å². The Hall–Kier alpha value is -4.05. The van der Waals surface area contributed by atoms with Gasteiger partial charge in [-0.15, -0.1) is 0 Å². The Morgan fingerprint density at radius 3 is 2.23 bits per heavy atom. The Morgan fingerprint density at radius 2 is 1.65 bits per heavy atom. The van der Waals surface area contributed by atoms with Gasteiger partial charge in [-0.25, -0.2) is 8.78 Å². The van der Waals surface area contributed by atoms with Crippen molar-refractivity contribution in [2.75, 3.05) is 26.0 Å². The molecule has 3 aromatic rings. The van der Waals surface area contributed by atoms with Crippen LogP contribution in [0.3, 0.4) is 0 Å². The molecule has 1 aliphatic carbocycles. The summed E-state index contributed by atoms with van der Waals surface area (Å²) in [6.45, 7) is 2.91. The quantitative estimate of drug-likeness (QED) is 0.462. The van der Waals surface area contributed by atoms with E-state index in [1.165, 1.54) is 25.9 Å². The van der Waals surface area contributed by atoms with Gasteiger partial charge < -0.3 is 20.1 Å². The lowest BCUT2D eigenvalue weighted by Gasteiger charge is -2.53. The second kappa shape index (κ2) is 10.8. The topological polar surface area (TPSA) is 86.7 Å². The minimum atomic E-state index is -0.731. The molecule has 2 heterocycles. The van der Waals surface area contributed by atoms with Crippen LogP contribution in [0.5, 0.6) is 0 Å². The number of carbonyl (C=O) groups excluding carboxylic acids is 3. The highest BCUT2D eigenvalue weighted by Crippen LogP contribution is 2.49. The van der Waals surface area contributed by atoms with Crippen LogP contribution in [0, 0.1) is 11.6 Å². The molecule has 1 fully saturated rings. The van der Waals surface area contributed by atoms with E-state index in [-0.39, 0.29) is 29.5 Å². The third-order valence-corrected chi connectivity index (χ3v) is 7.94. The van der Waals surface area contributed by atoms with Gasteiger partial charge in [0.25, 0.3) is 11.8 Å². The van der Waals surface area contributed by atoms with Crippen LogP contribution < -0.4 is 10.6 Å². The maximum Gasteiger partial charge on any atom is 0.268 e. The van der Waals surface area contributed by atoms with Gasteiger partial charge in [-0.05, 0) is 61.2 Å². The summed E-state index contributed by atoms with van der Waals surface area (Å²) < 4.78 is 32.1. The van der Waals surface area contributed by atoms with E-state index in [0.29, 0.717) is 31.0 Å². The van der Waals surface area contributed by atoms with Gasteiger partial charge >= 0.3 is 0 Å². The number of benzene rings is 2. The van der Waals surface area contributed by atoms with Crippen molar-refractivity contribution >= 4 is 23.4 Å². The van der Waals surface area contributed by atoms with E-state index in [1.54, 1.807) is 12.1 Å². The highest BCUT2D eigenvalue weighted by atomic mass is 19.1. The van der Waals surface area contributed by atoms with Gasteiger partial charge in [0, 0.05) is 69.7 Å². The molecular weight excluding hydrogens is 516 g/mol. The molecule has 0 bridgehead atoms. The van der Waals surface area contributed by atoms with Crippen LogP contribution in [0.1, 0.15) is 63.9 Å². The molecule has 0 unspecified atom stereocenters. The molecule has 1 saturated carbocycles. The fourth-order valence-electron chi connectivity index (χ4n) is 5.73. The van der Waals surface area contributed by atoms with Crippen molar-refractivity contribution in [2.45, 2.75) is 51.4 Å². The first kappa shape index (κ1) is 27.5. The predicted molar refractivity (Wildman–Crippen MR) is 147 cm³/mol. The fourth-order valence-corrected chi connectivity index (χ4v) is 5.73. The van der Waals surface area contributed by atoms with E-state index in [0.717, 1.165) is 42.7 Å². The highest BCUT2D eigenvalue weighted by molar-refractivity contribution is 5.94. The van der Waals surface area contributed by atoms with Crippen LogP contribution >= 0.6 is 0 Å². The van der Waals surface area contributed by atoms with Crippen LogP contribution in [0.25, 0.3) is 0 Å². The van der Waals surface area contributed by atoms with Crippen molar-refractivity contribution in [3.63, 3.8) is 0 Å². The molecule has 3 amide bonds. The molecule has 8 nitrogen and oxygen atoms in total. The summed E-state index contributed by atoms with van der Waals surface area (Å²) in [6.07, 6.45) is 2.65. The molecule has 1 spiro atoms. The van der Waals surface area contributed by atoms with E-state index >= 15 is 8.78 Å². The summed E-state index contributed by atoms with van der Waals surface area (Å²) in [5.74, 6) is -2.26. The average molecular weight is 550 g/mol. The summed E-state index contributed by atoms with van der Waals surface area (Å²) in [5, 5.41) is 5.69. The van der Waals surface area contributed by atoms with Crippen molar-refractivity contribution < 1.29 is 23.2 Å². The third-order valence-electron chi connectivity index (χ3n) is 7.94. The Bertz CT molecular complexity index is 1440. The van der Waals surface area contributed by atoms with E-state index in [1.807, 2.05) is 28.8 Å². The highest BCUT2D eigenvalue weighted by Gasteiger charge is 2.48. The Balaban J connectivity index is 1.31. The number of hydrogen-bond donors (Lipinski definition) is 2. The number of nitrogens with zero attached hydrogens (tertiary/aromatic N) is 3. The largest absolute Gasteiger partial charge is 0.347 e. The lowest BCUT2D eigenvalue weighted by atomic mass is 9.71. The number of rotatable bonds is 7. The fraction of sp³-hybridized carbons (Fsp3) is 0.367. The number of carbonyl (C=O) groups is 3. The smallest absolute Gasteiger partial charge is 0.268 e. The summed E-state index contributed by atoms with van der Waals surface area (Å²) in [4.78, 5) is 40.0. The van der Waals surface area contributed by atoms with Crippen LogP contribution in [0.15, 0.2) is 48.5 Å². The molecule has 2 aliphatic rings. The van der Waals surface area contributed by atoms with Crippen molar-refractivity contribution in [1.82, 2.24) is 19.7 Å². The standard InChI is InChI=1S/C30H33F2N5O3/c1-19(38)34-22-7-5-20(6-8-22)17-33-28(39)26-9-10-27-30(11-4-12-30)36(13-14-37(26)27)18-23-24(31)15-21(16-25(23)32)29(40)35(2)3/h5-10,15-16H,4,11-14,17-18H2,1-3H3,(H,33,39)(H,34,38). The number of nitrogens with one attached hydrogen (secondary N) is 2. The predicted octanol–water partition coefficient (Wildman–Crippen LogP) is 4.25. The molecule has 40 heavy (non-hydrogen) atoms. The molecule has 2 N–H and O–H groups in total. The zero-order chi connectivity index (χ0) is 28.6. The van der Waals surface area contributed by atoms with Gasteiger partial charge in [0.05, 0.1) is 5.54 Å². The van der Waals surface area contributed by atoms with Crippen LogP contribution in [-0.2, 0) is 30.0 Å². The number of aromatic nitrogens is 1. The zero-order valence-electron chi connectivity index (χ0n) is 22.9. The zero-order valence-corrected chi connectivity index (χ0v) is 22.9. The summed E-state index contributed by atoms with van der Waals surface area (Å²) in [5.41, 5.74) is 2.66. The molecule has 5 rings (SSSR count). The van der Waals surface area contributed by atoms with Crippen LogP contribution in [-0.4, -0.2) is 52.7 Å². The van der Waals surface area contributed by atoms with Crippen LogP contribution in [0.2, 0.25) is 0 Å². The van der Waals surface area contributed by atoms with Crippen LogP contribution in [0.4, 0.5) is 14.5 Å². The van der Waals surface area contributed by atoms with E-state index in [4.69, 9.17) is 0 Å². The van der Waals surface area contributed by atoms with Crippen molar-refractivity contribution in [1.29, 1.82) is 0 Å². The van der Waals surface area contributed by atoms with Gasteiger partial charge in [0.15, 0.2) is 0 Å². The molecule has 10 heteroatoms. The Morgan fingerprint density at radius 1 is 0.975 bits per heavy atom. The maximum absolute atomic E-state index is 15.1. The molecule has 1 aliphatic heterocycles. The van der Waals surface area contributed by atoms with Gasteiger partial charge in [0.2, 0.25) is 5.91 Å². The number of hydrogen-bond acceptors (Lipinski definition) is 4. The molecule has 1 aromatic heterocycles. The first-order chi connectivity index (χ1) is 19.1. The third kappa shape index (κ3) is 5.11. The van der Waals surface area contributed by atoms with Gasteiger partial charge in [-0.2, -0.15) is 0 Å². The Labute approximate surface area is 231 Å². The molecule has 210 valence electrons. The van der Waals surface area contributed by atoms with E-state index in [9.17, 15) is 14.4 Å². The lowest BCUT2D eigenvalue weighted by Crippen LogP contribution is -2.56. The first-order valence-corrected chi connectivity index (χ1v) is 13.4. The minimum Gasteiger partial charge on any atom is -0.347 e. The normalized spacial score (nSPS) is 15.7. The average Bonchev–Trinajstić information content (AvgIpc) is 3.32. The molecule has 2 aromatic carbocycles. The van der Waals surface area contributed by atoms with Gasteiger partial charge in [-0.1, -0.05) is 12.1 Å². The summed E-state index contributed by atoms with van der Waals surface area (Å²) in [7, 11) is 3.08. The lowest BCUT2D eigenvalue weighted by molar-refractivity contribution is -0.114. The second-order valence-electron chi connectivity index (χ2n) is 10.7. The molecule has 0 atom stereocenters. The van der Waals surface area contributed by atoms with Gasteiger partial charge in [0.1, 0.15) is 17.3 Å². The van der Waals surface area contributed by atoms with Crippen molar-refractivity contribution in [2.24, 2.45) is 0 Å². The number of fused-ring (bicyclic) bond motifs is 2. The minimum absolute atomic E-state index is 0.0195. The SMILES string of the molecule is CC(=O)Nc1ccc(CNC(=O)c2ccc3n2CCN(Cc2c(F)cc(C(=O)N(C)C)cc2F)C32CCC2)cc1. The number of amides is 3. The number of halogens is 2. The first-order valence-electron chi connectivity index (χ1n) is 13.4. The Kier molecular flexibility index (Phi) is 7.46. The summed E-state index contributed by atoms with van der Waals surface area (Å²) >= 11 is 0. The maximum atomic E-state index is 15.1.